The summed E-state index contributed by atoms with van der Waals surface area (Å²) in [5.74, 6) is -0.0400. The molecule has 2 atom stereocenters. The van der Waals surface area contributed by atoms with Crippen LogP contribution < -0.4 is 10.5 Å². The molecule has 0 spiro atoms. The number of hydrogen-bond acceptors (Lipinski definition) is 3. The molecule has 0 fully saturated rings. The number of carbonyl (C=O) groups is 1. The summed E-state index contributed by atoms with van der Waals surface area (Å²) in [6.45, 7) is 3.97. The summed E-state index contributed by atoms with van der Waals surface area (Å²) < 4.78 is 14.2. The predicted octanol–water partition coefficient (Wildman–Crippen LogP) is 1.20. The number of benzene rings is 1. The van der Waals surface area contributed by atoms with E-state index in [2.05, 4.69) is 4.72 Å². The van der Waals surface area contributed by atoms with Crippen LogP contribution in [-0.2, 0) is 15.8 Å². The third-order valence-electron chi connectivity index (χ3n) is 2.21. The third-order valence-corrected chi connectivity index (χ3v) is 3.30. The standard InChI is InChI=1S/C12H18N2O2S/c1-9(2)8-11(13)12(15)14-17(16)10-6-4-3-5-7-10/h3-7,9,11H,8,13H2,1-2H3,(H,14,15)/t11-,17-/m0/s1. The van der Waals surface area contributed by atoms with Crippen LogP contribution in [0.3, 0.4) is 0 Å². The smallest absolute Gasteiger partial charge is 0.248 e. The van der Waals surface area contributed by atoms with Gasteiger partial charge in [-0.1, -0.05) is 32.0 Å². The molecule has 1 aromatic rings. The quantitative estimate of drug-likeness (QED) is 0.829. The summed E-state index contributed by atoms with van der Waals surface area (Å²) >= 11 is 0. The van der Waals surface area contributed by atoms with Gasteiger partial charge < -0.3 is 5.73 Å². The second-order valence-corrected chi connectivity index (χ2v) is 5.50. The minimum atomic E-state index is -1.53. The SMILES string of the molecule is CC(C)C[C@H](N)C(=O)N[S@@](=O)c1ccccc1. The molecule has 0 heterocycles. The van der Waals surface area contributed by atoms with Crippen LogP contribution in [0, 0.1) is 5.92 Å². The normalized spacial score (nSPS) is 14.4. The van der Waals surface area contributed by atoms with Crippen molar-refractivity contribution in [3.63, 3.8) is 0 Å². The van der Waals surface area contributed by atoms with Gasteiger partial charge in [-0.25, -0.2) is 4.21 Å². The molecule has 3 N–H and O–H groups in total. The highest BCUT2D eigenvalue weighted by Crippen LogP contribution is 2.05. The Labute approximate surface area is 104 Å². The van der Waals surface area contributed by atoms with Crippen LogP contribution in [-0.4, -0.2) is 16.2 Å². The lowest BCUT2D eigenvalue weighted by Gasteiger charge is -2.13. The van der Waals surface area contributed by atoms with Gasteiger partial charge in [0.1, 0.15) is 0 Å². The maximum absolute atomic E-state index is 11.8. The molecule has 0 aliphatic heterocycles. The number of nitrogens with two attached hydrogens (primary N) is 1. The lowest BCUT2D eigenvalue weighted by atomic mass is 10.0. The highest BCUT2D eigenvalue weighted by atomic mass is 32.2. The topological polar surface area (TPSA) is 72.2 Å². The zero-order valence-electron chi connectivity index (χ0n) is 10.1. The van der Waals surface area contributed by atoms with Crippen LogP contribution in [0.25, 0.3) is 0 Å². The lowest BCUT2D eigenvalue weighted by Crippen LogP contribution is -2.42. The molecule has 0 bridgehead atoms. The van der Waals surface area contributed by atoms with Crippen molar-refractivity contribution < 1.29 is 9.00 Å². The van der Waals surface area contributed by atoms with Gasteiger partial charge in [0.15, 0.2) is 11.0 Å². The van der Waals surface area contributed by atoms with Gasteiger partial charge in [-0.2, -0.15) is 0 Å². The number of amides is 1. The Hall–Kier alpha value is -1.20. The van der Waals surface area contributed by atoms with E-state index in [4.69, 9.17) is 5.73 Å². The van der Waals surface area contributed by atoms with Gasteiger partial charge in [0.05, 0.1) is 10.9 Å². The van der Waals surface area contributed by atoms with Gasteiger partial charge in [-0.05, 0) is 24.5 Å². The first-order valence-corrected chi connectivity index (χ1v) is 6.68. The van der Waals surface area contributed by atoms with Crippen LogP contribution in [0.4, 0.5) is 0 Å². The first-order chi connectivity index (χ1) is 8.00. The zero-order valence-corrected chi connectivity index (χ0v) is 10.9. The van der Waals surface area contributed by atoms with E-state index < -0.39 is 17.0 Å². The molecule has 0 aliphatic carbocycles. The van der Waals surface area contributed by atoms with Crippen molar-refractivity contribution in [3.05, 3.63) is 30.3 Å². The van der Waals surface area contributed by atoms with Gasteiger partial charge in [0.25, 0.3) is 0 Å². The largest absolute Gasteiger partial charge is 0.320 e. The molecule has 5 heteroatoms. The van der Waals surface area contributed by atoms with Crippen molar-refractivity contribution in [3.8, 4) is 0 Å². The fourth-order valence-corrected chi connectivity index (χ4v) is 2.24. The molecular formula is C12H18N2O2S. The molecule has 0 aromatic heterocycles. The molecule has 0 saturated carbocycles. The van der Waals surface area contributed by atoms with E-state index >= 15 is 0 Å². The number of hydrogen-bond donors (Lipinski definition) is 2. The molecule has 94 valence electrons. The third kappa shape index (κ3) is 4.66. The highest BCUT2D eigenvalue weighted by molar-refractivity contribution is 7.83. The van der Waals surface area contributed by atoms with Crippen molar-refractivity contribution in [2.75, 3.05) is 0 Å². The van der Waals surface area contributed by atoms with Crippen LogP contribution >= 0.6 is 0 Å². The lowest BCUT2D eigenvalue weighted by molar-refractivity contribution is -0.120. The molecule has 17 heavy (non-hydrogen) atoms. The van der Waals surface area contributed by atoms with Crippen molar-refractivity contribution in [1.82, 2.24) is 4.72 Å². The highest BCUT2D eigenvalue weighted by Gasteiger charge is 2.17. The van der Waals surface area contributed by atoms with Crippen LogP contribution in [0.15, 0.2) is 35.2 Å². The summed E-state index contributed by atoms with van der Waals surface area (Å²) in [5.41, 5.74) is 5.70. The minimum absolute atomic E-state index is 0.334. The Morgan fingerprint density at radius 1 is 1.35 bits per heavy atom. The Kier molecular flexibility index (Phi) is 5.31. The van der Waals surface area contributed by atoms with Crippen LogP contribution in [0.1, 0.15) is 20.3 Å². The van der Waals surface area contributed by atoms with Gasteiger partial charge in [0, 0.05) is 0 Å². The van der Waals surface area contributed by atoms with Crippen molar-refractivity contribution >= 4 is 16.9 Å². The second kappa shape index (κ2) is 6.51. The zero-order chi connectivity index (χ0) is 12.8. The summed E-state index contributed by atoms with van der Waals surface area (Å²) in [5, 5.41) is 0. The van der Waals surface area contributed by atoms with E-state index in [9.17, 15) is 9.00 Å². The predicted molar refractivity (Wildman–Crippen MR) is 68.4 cm³/mol. The van der Waals surface area contributed by atoms with Crippen molar-refractivity contribution in [2.45, 2.75) is 31.2 Å². The van der Waals surface area contributed by atoms with Crippen molar-refractivity contribution in [2.24, 2.45) is 11.7 Å². The van der Waals surface area contributed by atoms with Gasteiger partial charge >= 0.3 is 0 Å². The van der Waals surface area contributed by atoms with Gasteiger partial charge in [-0.15, -0.1) is 0 Å². The van der Waals surface area contributed by atoms with Crippen molar-refractivity contribution in [1.29, 1.82) is 0 Å². The second-order valence-electron chi connectivity index (χ2n) is 4.28. The van der Waals surface area contributed by atoms with E-state index in [1.54, 1.807) is 24.3 Å². The Balaban J connectivity index is 2.55. The van der Waals surface area contributed by atoms with Gasteiger partial charge in [-0.3, -0.25) is 9.52 Å². The molecule has 0 saturated heterocycles. The average molecular weight is 254 g/mol. The fourth-order valence-electron chi connectivity index (χ4n) is 1.38. The van der Waals surface area contributed by atoms with Crippen LogP contribution in [0.2, 0.25) is 0 Å². The van der Waals surface area contributed by atoms with E-state index in [1.165, 1.54) is 0 Å². The minimum Gasteiger partial charge on any atom is -0.320 e. The summed E-state index contributed by atoms with van der Waals surface area (Å²) in [4.78, 5) is 12.2. The van der Waals surface area contributed by atoms with E-state index in [0.717, 1.165) is 0 Å². The van der Waals surface area contributed by atoms with E-state index in [1.807, 2.05) is 19.9 Å². The summed E-state index contributed by atoms with van der Waals surface area (Å²) in [6, 6.07) is 8.16. The molecule has 0 unspecified atom stereocenters. The summed E-state index contributed by atoms with van der Waals surface area (Å²) in [6.07, 6.45) is 0.581. The van der Waals surface area contributed by atoms with Gasteiger partial charge in [0.2, 0.25) is 5.91 Å². The van der Waals surface area contributed by atoms with E-state index in [-0.39, 0.29) is 5.91 Å². The van der Waals surface area contributed by atoms with E-state index in [0.29, 0.717) is 17.2 Å². The molecule has 1 amide bonds. The molecule has 1 rings (SSSR count). The monoisotopic (exact) mass is 254 g/mol. The molecule has 0 radical (unpaired) electrons. The Morgan fingerprint density at radius 2 is 1.94 bits per heavy atom. The molecule has 4 nitrogen and oxygen atoms in total. The first-order valence-electron chi connectivity index (χ1n) is 5.53. The molecule has 0 aliphatic rings. The average Bonchev–Trinajstić information content (AvgIpc) is 2.29. The number of rotatable bonds is 5. The number of nitrogens with one attached hydrogen (secondary N) is 1. The molecule has 1 aromatic carbocycles. The summed E-state index contributed by atoms with van der Waals surface area (Å²) in [7, 11) is -1.53. The molecular weight excluding hydrogens is 236 g/mol. The Morgan fingerprint density at radius 3 is 2.47 bits per heavy atom. The first kappa shape index (κ1) is 13.9. The maximum Gasteiger partial charge on any atom is 0.248 e. The maximum atomic E-state index is 11.8. The van der Waals surface area contributed by atoms with Crippen LogP contribution in [0.5, 0.6) is 0 Å². The fraction of sp³-hybridized carbons (Fsp3) is 0.417. The number of carbonyl (C=O) groups excluding carboxylic acids is 1. The Bertz CT molecular complexity index is 393.